The van der Waals surface area contributed by atoms with Crippen molar-refractivity contribution in [2.24, 2.45) is 0 Å². The topological polar surface area (TPSA) is 18.5 Å². The molecule has 0 N–H and O–H groups in total. The highest BCUT2D eigenvalue weighted by molar-refractivity contribution is 4.76. The molecule has 0 radical (unpaired) electrons. The summed E-state index contributed by atoms with van der Waals surface area (Å²) in [5, 5.41) is 0. The van der Waals surface area contributed by atoms with Crippen LogP contribution in [0, 0.1) is 0 Å². The summed E-state index contributed by atoms with van der Waals surface area (Å²) in [5.74, 6) is -2.30. The smallest absolute Gasteiger partial charge is 0.235 e. The van der Waals surface area contributed by atoms with Gasteiger partial charge in [-0.3, -0.25) is 0 Å². The molecule has 1 rings (SSSR count). The van der Waals surface area contributed by atoms with Gasteiger partial charge >= 0.3 is 0 Å². The number of halogens is 1. The minimum Gasteiger partial charge on any atom is -0.344 e. The summed E-state index contributed by atoms with van der Waals surface area (Å²) in [5.41, 5.74) is 0. The highest BCUT2D eigenvalue weighted by atomic mass is 19.2. The summed E-state index contributed by atoms with van der Waals surface area (Å²) in [6.07, 6.45) is 0.344. The lowest BCUT2D eigenvalue weighted by molar-refractivity contribution is -0.198. The van der Waals surface area contributed by atoms with Crippen molar-refractivity contribution in [1.29, 1.82) is 0 Å². The van der Waals surface area contributed by atoms with Crippen LogP contribution in [0.5, 0.6) is 0 Å². The fourth-order valence-electron chi connectivity index (χ4n) is 0.955. The van der Waals surface area contributed by atoms with Gasteiger partial charge in [0.15, 0.2) is 5.79 Å². The first-order valence-electron chi connectivity index (χ1n) is 3.50. The molecule has 0 saturated carbocycles. The summed E-state index contributed by atoms with van der Waals surface area (Å²) in [6, 6.07) is 0. The van der Waals surface area contributed by atoms with Crippen molar-refractivity contribution in [3.05, 3.63) is 0 Å². The molecule has 3 heteroatoms. The van der Waals surface area contributed by atoms with Gasteiger partial charge < -0.3 is 9.47 Å². The summed E-state index contributed by atoms with van der Waals surface area (Å²) >= 11 is 0. The highest BCUT2D eigenvalue weighted by Gasteiger charge is 2.44. The van der Waals surface area contributed by atoms with Gasteiger partial charge in [0.05, 0.1) is 0 Å². The minimum atomic E-state index is -1.55. The highest BCUT2D eigenvalue weighted by Crippen LogP contribution is 2.33. The van der Waals surface area contributed by atoms with E-state index in [0.717, 1.165) is 0 Å². The van der Waals surface area contributed by atoms with Crippen LogP contribution in [0.25, 0.3) is 0 Å². The van der Waals surface area contributed by atoms with Crippen LogP contribution in [-0.2, 0) is 9.47 Å². The molecule has 1 fully saturated rings. The molecule has 1 saturated heterocycles. The van der Waals surface area contributed by atoms with Crippen LogP contribution in [0.15, 0.2) is 0 Å². The van der Waals surface area contributed by atoms with Crippen LogP contribution < -0.4 is 0 Å². The second-order valence-corrected chi connectivity index (χ2v) is 3.03. The van der Waals surface area contributed by atoms with E-state index in [1.165, 1.54) is 0 Å². The van der Waals surface area contributed by atoms with Crippen LogP contribution in [-0.4, -0.2) is 18.2 Å². The van der Waals surface area contributed by atoms with E-state index in [9.17, 15) is 4.39 Å². The third-order valence-corrected chi connectivity index (χ3v) is 1.59. The first-order valence-corrected chi connectivity index (χ1v) is 3.50. The van der Waals surface area contributed by atoms with Crippen molar-refractivity contribution in [2.75, 3.05) is 6.61 Å². The molecule has 0 aromatic heterocycles. The predicted molar refractivity (Wildman–Crippen MR) is 35.2 cm³/mol. The molecule has 0 bridgehead atoms. The lowest BCUT2D eigenvalue weighted by Crippen LogP contribution is -2.28. The van der Waals surface area contributed by atoms with Gasteiger partial charge in [0.2, 0.25) is 5.85 Å². The summed E-state index contributed by atoms with van der Waals surface area (Å²) in [6.45, 7) is 5.22. The third kappa shape index (κ3) is 1.47. The van der Waals surface area contributed by atoms with Gasteiger partial charge in [0.1, 0.15) is 6.61 Å². The van der Waals surface area contributed by atoms with Gasteiger partial charge in [0, 0.05) is 6.42 Å². The van der Waals surface area contributed by atoms with Crippen molar-refractivity contribution in [2.45, 2.75) is 38.8 Å². The maximum atomic E-state index is 13.2. The molecule has 10 heavy (non-hydrogen) atoms. The normalized spacial score (nSPS) is 38.4. The molecule has 1 aliphatic rings. The molecule has 60 valence electrons. The summed E-state index contributed by atoms with van der Waals surface area (Å²) < 4.78 is 23.2. The van der Waals surface area contributed by atoms with E-state index >= 15 is 0 Å². The maximum absolute atomic E-state index is 13.2. The second kappa shape index (κ2) is 2.17. The Morgan fingerprint density at radius 3 is 2.30 bits per heavy atom. The number of hydrogen-bond acceptors (Lipinski definition) is 2. The molecule has 0 spiro atoms. The zero-order valence-corrected chi connectivity index (χ0v) is 6.61. The van der Waals surface area contributed by atoms with Crippen molar-refractivity contribution in [3.8, 4) is 0 Å². The maximum Gasteiger partial charge on any atom is 0.235 e. The van der Waals surface area contributed by atoms with E-state index in [2.05, 4.69) is 0 Å². The van der Waals surface area contributed by atoms with Gasteiger partial charge in [-0.2, -0.15) is 0 Å². The van der Waals surface area contributed by atoms with Crippen molar-refractivity contribution >= 4 is 0 Å². The Morgan fingerprint density at radius 2 is 2.10 bits per heavy atom. The third-order valence-electron chi connectivity index (χ3n) is 1.59. The van der Waals surface area contributed by atoms with Crippen LogP contribution in [0.2, 0.25) is 0 Å². The average molecular weight is 148 g/mol. The fourth-order valence-corrected chi connectivity index (χ4v) is 0.955. The standard InChI is InChI=1S/C7H13FO2/c1-4-7(8)5-9-6(2,3)10-7/h4-5H2,1-3H3. The number of hydrogen-bond donors (Lipinski definition) is 0. The lowest BCUT2D eigenvalue weighted by atomic mass is 10.2. The predicted octanol–water partition coefficient (Wildman–Crippen LogP) is 1.85. The summed E-state index contributed by atoms with van der Waals surface area (Å²) in [4.78, 5) is 0. The van der Waals surface area contributed by atoms with Crippen molar-refractivity contribution in [3.63, 3.8) is 0 Å². The number of rotatable bonds is 1. The van der Waals surface area contributed by atoms with Gasteiger partial charge in [-0.15, -0.1) is 0 Å². The molecule has 0 amide bonds. The monoisotopic (exact) mass is 148 g/mol. The Hall–Kier alpha value is -0.150. The Kier molecular flexibility index (Phi) is 1.73. The zero-order chi connectivity index (χ0) is 7.83. The Labute approximate surface area is 60.3 Å². The van der Waals surface area contributed by atoms with Crippen LogP contribution >= 0.6 is 0 Å². The molecular formula is C7H13FO2. The molecule has 0 aromatic carbocycles. The summed E-state index contributed by atoms with van der Waals surface area (Å²) in [7, 11) is 0. The van der Waals surface area contributed by atoms with Crippen molar-refractivity contribution in [1.82, 2.24) is 0 Å². The zero-order valence-electron chi connectivity index (χ0n) is 6.61. The molecule has 1 heterocycles. The lowest BCUT2D eigenvalue weighted by Gasteiger charge is -2.19. The quantitative estimate of drug-likeness (QED) is 0.565. The molecule has 0 aromatic rings. The van der Waals surface area contributed by atoms with Gasteiger partial charge in [-0.25, -0.2) is 4.39 Å². The van der Waals surface area contributed by atoms with Crippen molar-refractivity contribution < 1.29 is 13.9 Å². The molecule has 1 unspecified atom stereocenters. The van der Waals surface area contributed by atoms with E-state index in [-0.39, 0.29) is 6.61 Å². The first kappa shape index (κ1) is 7.95. The first-order chi connectivity index (χ1) is 4.47. The number of alkyl halides is 1. The van der Waals surface area contributed by atoms with Crippen LogP contribution in [0.4, 0.5) is 4.39 Å². The molecule has 0 aliphatic carbocycles. The van der Waals surface area contributed by atoms with Gasteiger partial charge in [-0.05, 0) is 13.8 Å². The molecule has 1 atom stereocenters. The van der Waals surface area contributed by atoms with E-state index in [1.54, 1.807) is 20.8 Å². The van der Waals surface area contributed by atoms with E-state index in [1.807, 2.05) is 0 Å². The van der Waals surface area contributed by atoms with E-state index in [0.29, 0.717) is 6.42 Å². The minimum absolute atomic E-state index is 0.0521. The molecular weight excluding hydrogens is 135 g/mol. The van der Waals surface area contributed by atoms with Gasteiger partial charge in [-0.1, -0.05) is 6.92 Å². The second-order valence-electron chi connectivity index (χ2n) is 3.03. The largest absolute Gasteiger partial charge is 0.344 e. The Morgan fingerprint density at radius 1 is 1.50 bits per heavy atom. The fraction of sp³-hybridized carbons (Fsp3) is 1.00. The average Bonchev–Trinajstić information content (AvgIpc) is 2.08. The van der Waals surface area contributed by atoms with Crippen LogP contribution in [0.3, 0.4) is 0 Å². The molecule has 2 nitrogen and oxygen atoms in total. The van der Waals surface area contributed by atoms with Gasteiger partial charge in [0.25, 0.3) is 0 Å². The Balaban J connectivity index is 2.57. The number of ether oxygens (including phenoxy) is 2. The SMILES string of the molecule is CCC1(F)COC(C)(C)O1. The Bertz CT molecular complexity index is 136. The van der Waals surface area contributed by atoms with E-state index in [4.69, 9.17) is 9.47 Å². The van der Waals surface area contributed by atoms with E-state index < -0.39 is 11.6 Å². The molecule has 1 aliphatic heterocycles. The van der Waals surface area contributed by atoms with Crippen LogP contribution in [0.1, 0.15) is 27.2 Å².